The predicted molar refractivity (Wildman–Crippen MR) is 64.1 cm³/mol. The van der Waals surface area contributed by atoms with Crippen molar-refractivity contribution < 1.29 is 18.3 Å². The Hall–Kier alpha value is -1.07. The molecule has 2 nitrogen and oxygen atoms in total. The molecule has 0 bridgehead atoms. The zero-order valence-electron chi connectivity index (χ0n) is 10.4. The maximum Gasteiger partial charge on any atom is 0.416 e. The van der Waals surface area contributed by atoms with E-state index < -0.39 is 11.7 Å². The Labute approximate surface area is 105 Å². The van der Waals surface area contributed by atoms with Gasteiger partial charge in [0.05, 0.1) is 12.2 Å². The fourth-order valence-electron chi connectivity index (χ4n) is 1.78. The summed E-state index contributed by atoms with van der Waals surface area (Å²) in [5.41, 5.74) is 0.195. The normalized spacial score (nSPS) is 12.1. The lowest BCUT2D eigenvalue weighted by Gasteiger charge is -2.20. The summed E-state index contributed by atoms with van der Waals surface area (Å²) in [7, 11) is 0. The molecule has 0 unspecified atom stereocenters. The summed E-state index contributed by atoms with van der Waals surface area (Å²) in [4.78, 5) is 2.02. The quantitative estimate of drug-likeness (QED) is 0.851. The van der Waals surface area contributed by atoms with Crippen LogP contribution in [0.2, 0.25) is 0 Å². The Morgan fingerprint density at radius 2 is 1.72 bits per heavy atom. The number of aliphatic hydroxyl groups is 1. The van der Waals surface area contributed by atoms with Gasteiger partial charge >= 0.3 is 6.18 Å². The highest BCUT2D eigenvalue weighted by Crippen LogP contribution is 2.29. The number of hydrogen-bond donors (Lipinski definition) is 1. The summed E-state index contributed by atoms with van der Waals surface area (Å²) < 4.78 is 37.1. The van der Waals surface area contributed by atoms with E-state index in [0.29, 0.717) is 13.1 Å². The van der Waals surface area contributed by atoms with E-state index in [4.69, 9.17) is 5.11 Å². The Morgan fingerprint density at radius 3 is 2.17 bits per heavy atom. The smallest absolute Gasteiger partial charge is 0.395 e. The van der Waals surface area contributed by atoms with Crippen molar-refractivity contribution in [3.05, 3.63) is 35.4 Å². The van der Waals surface area contributed by atoms with Gasteiger partial charge < -0.3 is 5.11 Å². The fourth-order valence-corrected chi connectivity index (χ4v) is 1.78. The molecule has 1 N–H and O–H groups in total. The van der Waals surface area contributed by atoms with E-state index in [9.17, 15) is 13.2 Å². The van der Waals surface area contributed by atoms with Gasteiger partial charge in [0.25, 0.3) is 0 Å². The van der Waals surface area contributed by atoms with Crippen molar-refractivity contribution in [1.82, 2.24) is 4.90 Å². The van der Waals surface area contributed by atoms with Crippen molar-refractivity contribution in [2.45, 2.75) is 26.1 Å². The zero-order valence-corrected chi connectivity index (χ0v) is 10.4. The van der Waals surface area contributed by atoms with Crippen molar-refractivity contribution in [3.63, 3.8) is 0 Å². The first-order chi connectivity index (χ1) is 8.47. The topological polar surface area (TPSA) is 23.5 Å². The number of alkyl halides is 3. The van der Waals surface area contributed by atoms with Gasteiger partial charge in [-0.15, -0.1) is 0 Å². The minimum absolute atomic E-state index is 0.0562. The van der Waals surface area contributed by atoms with Crippen LogP contribution in [0.4, 0.5) is 13.2 Å². The highest BCUT2D eigenvalue weighted by molar-refractivity contribution is 5.24. The van der Waals surface area contributed by atoms with Gasteiger partial charge in [-0.05, 0) is 30.7 Å². The highest BCUT2D eigenvalue weighted by atomic mass is 19.4. The fraction of sp³-hybridized carbons (Fsp3) is 0.538. The van der Waals surface area contributed by atoms with E-state index in [0.717, 1.165) is 30.7 Å². The van der Waals surface area contributed by atoms with Crippen LogP contribution in [-0.4, -0.2) is 29.7 Å². The summed E-state index contributed by atoms with van der Waals surface area (Å²) in [5, 5.41) is 8.90. The number of benzene rings is 1. The van der Waals surface area contributed by atoms with Crippen molar-refractivity contribution >= 4 is 0 Å². The zero-order chi connectivity index (χ0) is 13.6. The lowest BCUT2D eigenvalue weighted by molar-refractivity contribution is -0.137. The average Bonchev–Trinajstić information content (AvgIpc) is 2.29. The Balaban J connectivity index is 2.67. The van der Waals surface area contributed by atoms with E-state index in [2.05, 4.69) is 0 Å². The molecular weight excluding hydrogens is 243 g/mol. The van der Waals surface area contributed by atoms with Crippen LogP contribution in [-0.2, 0) is 12.7 Å². The van der Waals surface area contributed by atoms with Gasteiger partial charge in [0.15, 0.2) is 0 Å². The summed E-state index contributed by atoms with van der Waals surface area (Å²) in [6.45, 7) is 4.00. The summed E-state index contributed by atoms with van der Waals surface area (Å²) in [6.07, 6.45) is -3.34. The van der Waals surface area contributed by atoms with Crippen LogP contribution >= 0.6 is 0 Å². The molecule has 0 aliphatic heterocycles. The molecule has 0 atom stereocenters. The molecule has 18 heavy (non-hydrogen) atoms. The molecule has 1 rings (SSSR count). The third kappa shape index (κ3) is 4.66. The SMILES string of the molecule is CCCN(CCO)Cc1ccc(C(F)(F)F)cc1. The predicted octanol–water partition coefficient (Wildman–Crippen LogP) is 2.91. The van der Waals surface area contributed by atoms with Crippen molar-refractivity contribution in [2.24, 2.45) is 0 Å². The molecular formula is C13H18F3NO. The lowest BCUT2D eigenvalue weighted by Crippen LogP contribution is -2.27. The number of hydrogen-bond acceptors (Lipinski definition) is 2. The molecule has 0 heterocycles. The summed E-state index contributed by atoms with van der Waals surface area (Å²) in [5.74, 6) is 0. The van der Waals surface area contributed by atoms with Crippen molar-refractivity contribution in [2.75, 3.05) is 19.7 Å². The monoisotopic (exact) mass is 261 g/mol. The standard InChI is InChI=1S/C13H18F3NO/c1-2-7-17(8-9-18)10-11-3-5-12(6-4-11)13(14,15)16/h3-6,18H,2,7-10H2,1H3. The van der Waals surface area contributed by atoms with Crippen LogP contribution in [0.25, 0.3) is 0 Å². The summed E-state index contributed by atoms with van der Waals surface area (Å²) >= 11 is 0. The highest BCUT2D eigenvalue weighted by Gasteiger charge is 2.29. The number of rotatable bonds is 6. The molecule has 5 heteroatoms. The van der Waals surface area contributed by atoms with Crippen LogP contribution in [0, 0.1) is 0 Å². The number of nitrogens with zero attached hydrogens (tertiary/aromatic N) is 1. The molecule has 0 aliphatic rings. The molecule has 0 fully saturated rings. The third-order valence-electron chi connectivity index (χ3n) is 2.64. The first-order valence-electron chi connectivity index (χ1n) is 5.96. The maximum atomic E-state index is 12.4. The molecule has 1 aromatic carbocycles. The number of aliphatic hydroxyl groups excluding tert-OH is 1. The first kappa shape index (κ1) is 15.0. The first-order valence-corrected chi connectivity index (χ1v) is 5.96. The molecule has 0 aliphatic carbocycles. The van der Waals surface area contributed by atoms with E-state index in [1.807, 2.05) is 11.8 Å². The average molecular weight is 261 g/mol. The van der Waals surface area contributed by atoms with Gasteiger partial charge in [0.1, 0.15) is 0 Å². The lowest BCUT2D eigenvalue weighted by atomic mass is 10.1. The minimum atomic E-state index is -4.28. The van der Waals surface area contributed by atoms with E-state index in [1.165, 1.54) is 12.1 Å². The Morgan fingerprint density at radius 1 is 1.11 bits per heavy atom. The Kier molecular flexibility index (Phi) is 5.62. The van der Waals surface area contributed by atoms with Gasteiger partial charge in [0.2, 0.25) is 0 Å². The Bertz CT molecular complexity index is 342. The molecule has 0 saturated carbocycles. The van der Waals surface area contributed by atoms with Gasteiger partial charge in [-0.25, -0.2) is 0 Å². The van der Waals surface area contributed by atoms with Crippen LogP contribution in [0.3, 0.4) is 0 Å². The third-order valence-corrected chi connectivity index (χ3v) is 2.64. The van der Waals surface area contributed by atoms with Gasteiger partial charge in [-0.2, -0.15) is 13.2 Å². The minimum Gasteiger partial charge on any atom is -0.395 e. The largest absolute Gasteiger partial charge is 0.416 e. The molecule has 0 spiro atoms. The van der Waals surface area contributed by atoms with Crippen molar-refractivity contribution in [3.8, 4) is 0 Å². The summed E-state index contributed by atoms with van der Waals surface area (Å²) in [6, 6.07) is 5.17. The van der Waals surface area contributed by atoms with Crippen LogP contribution < -0.4 is 0 Å². The van der Waals surface area contributed by atoms with E-state index in [1.54, 1.807) is 0 Å². The van der Waals surface area contributed by atoms with Gasteiger partial charge in [-0.3, -0.25) is 4.90 Å². The molecule has 0 radical (unpaired) electrons. The molecule has 0 amide bonds. The van der Waals surface area contributed by atoms with Crippen LogP contribution in [0.15, 0.2) is 24.3 Å². The van der Waals surface area contributed by atoms with E-state index >= 15 is 0 Å². The molecule has 1 aromatic rings. The second-order valence-corrected chi connectivity index (χ2v) is 4.19. The van der Waals surface area contributed by atoms with E-state index in [-0.39, 0.29) is 6.61 Å². The van der Waals surface area contributed by atoms with Gasteiger partial charge in [0, 0.05) is 13.1 Å². The van der Waals surface area contributed by atoms with Crippen LogP contribution in [0.1, 0.15) is 24.5 Å². The molecule has 0 aromatic heterocycles. The second kappa shape index (κ2) is 6.75. The second-order valence-electron chi connectivity index (χ2n) is 4.19. The van der Waals surface area contributed by atoms with Crippen LogP contribution in [0.5, 0.6) is 0 Å². The maximum absolute atomic E-state index is 12.4. The molecule has 0 saturated heterocycles. The van der Waals surface area contributed by atoms with Crippen molar-refractivity contribution in [1.29, 1.82) is 0 Å². The number of halogens is 3. The molecule has 102 valence electrons. The van der Waals surface area contributed by atoms with Gasteiger partial charge in [-0.1, -0.05) is 19.1 Å².